The number of nitrogens with zero attached hydrogens (tertiary/aromatic N) is 1. The summed E-state index contributed by atoms with van der Waals surface area (Å²) >= 11 is 0. The third-order valence-corrected chi connectivity index (χ3v) is 2.07. The van der Waals surface area contributed by atoms with E-state index in [2.05, 4.69) is 5.32 Å². The second-order valence-corrected chi connectivity index (χ2v) is 3.49. The van der Waals surface area contributed by atoms with Crippen LogP contribution >= 0.6 is 0 Å². The van der Waals surface area contributed by atoms with Crippen molar-refractivity contribution in [1.82, 2.24) is 10.2 Å². The van der Waals surface area contributed by atoms with E-state index in [1.54, 1.807) is 0 Å². The smallest absolute Gasteiger partial charge is 0.340 e. The molecule has 82 valence electrons. The van der Waals surface area contributed by atoms with E-state index in [-0.39, 0.29) is 6.04 Å². The molecule has 0 aromatic rings. The Morgan fingerprint density at radius 3 is 2.71 bits per heavy atom. The van der Waals surface area contributed by atoms with Gasteiger partial charge in [-0.3, -0.25) is 4.79 Å². The van der Waals surface area contributed by atoms with Crippen LogP contribution in [0.4, 0.5) is 13.2 Å². The molecular formula is C8H13F3N2O. The molecule has 1 amide bonds. The molecule has 1 aliphatic rings. The first kappa shape index (κ1) is 11.3. The number of alkyl halides is 3. The summed E-state index contributed by atoms with van der Waals surface area (Å²) in [5.74, 6) is -0.828. The Bertz CT molecular complexity index is 217. The minimum atomic E-state index is -4.40. The van der Waals surface area contributed by atoms with Crippen LogP contribution in [0.2, 0.25) is 0 Å². The van der Waals surface area contributed by atoms with Gasteiger partial charge in [0.2, 0.25) is 5.91 Å². The Morgan fingerprint density at radius 1 is 1.57 bits per heavy atom. The molecule has 1 rings (SSSR count). The quantitative estimate of drug-likeness (QED) is 0.693. The molecule has 0 spiro atoms. The number of rotatable bonds is 1. The minimum absolute atomic E-state index is 0.0703. The summed E-state index contributed by atoms with van der Waals surface area (Å²) in [6.07, 6.45) is -5.75. The summed E-state index contributed by atoms with van der Waals surface area (Å²) in [7, 11) is 0. The summed E-state index contributed by atoms with van der Waals surface area (Å²) in [5.41, 5.74) is 0. The lowest BCUT2D eigenvalue weighted by Gasteiger charge is -2.32. The fraction of sp³-hybridized carbons (Fsp3) is 0.875. The van der Waals surface area contributed by atoms with Crippen molar-refractivity contribution in [3.63, 3.8) is 0 Å². The molecule has 0 unspecified atom stereocenters. The second-order valence-electron chi connectivity index (χ2n) is 3.49. The molecule has 1 heterocycles. The fourth-order valence-corrected chi connectivity index (χ4v) is 1.44. The number of amides is 1. The molecule has 3 nitrogen and oxygen atoms in total. The molecule has 6 heteroatoms. The Labute approximate surface area is 80.3 Å². The van der Waals surface area contributed by atoms with Crippen LogP contribution in [0.25, 0.3) is 0 Å². The molecule has 1 aliphatic heterocycles. The van der Waals surface area contributed by atoms with Crippen molar-refractivity contribution in [2.24, 2.45) is 0 Å². The van der Waals surface area contributed by atoms with Gasteiger partial charge < -0.3 is 10.2 Å². The highest BCUT2D eigenvalue weighted by atomic mass is 19.4. The van der Waals surface area contributed by atoms with Crippen molar-refractivity contribution in [3.8, 4) is 0 Å². The summed E-state index contributed by atoms with van der Waals surface area (Å²) in [6.45, 7) is 3.12. The van der Waals surface area contributed by atoms with Crippen LogP contribution in [-0.2, 0) is 4.79 Å². The van der Waals surface area contributed by atoms with Crippen LogP contribution in [-0.4, -0.2) is 42.7 Å². The third kappa shape index (κ3) is 3.53. The molecule has 1 atom stereocenters. The van der Waals surface area contributed by atoms with Crippen molar-refractivity contribution >= 4 is 5.91 Å². The molecule has 0 bridgehead atoms. The van der Waals surface area contributed by atoms with Crippen LogP contribution in [0.1, 0.15) is 13.3 Å². The number of carbonyl (C=O) groups excluding carboxylic acids is 1. The zero-order valence-corrected chi connectivity index (χ0v) is 7.90. The molecule has 0 aliphatic carbocycles. The Hall–Kier alpha value is -0.780. The van der Waals surface area contributed by atoms with Crippen molar-refractivity contribution in [2.45, 2.75) is 25.6 Å². The highest BCUT2D eigenvalue weighted by Gasteiger charge is 2.34. The largest absolute Gasteiger partial charge is 0.397 e. The van der Waals surface area contributed by atoms with Crippen molar-refractivity contribution in [2.75, 3.05) is 19.6 Å². The number of piperazine rings is 1. The van der Waals surface area contributed by atoms with Gasteiger partial charge in [-0.05, 0) is 6.92 Å². The van der Waals surface area contributed by atoms with Crippen molar-refractivity contribution in [3.05, 3.63) is 0 Å². The molecule has 0 saturated carbocycles. The second kappa shape index (κ2) is 4.16. The van der Waals surface area contributed by atoms with Gasteiger partial charge in [-0.2, -0.15) is 13.2 Å². The average Bonchev–Trinajstić information content (AvgIpc) is 2.01. The van der Waals surface area contributed by atoms with Gasteiger partial charge in [0.1, 0.15) is 6.42 Å². The van der Waals surface area contributed by atoms with Crippen molar-refractivity contribution < 1.29 is 18.0 Å². The van der Waals surface area contributed by atoms with Crippen LogP contribution in [0.5, 0.6) is 0 Å². The summed E-state index contributed by atoms with van der Waals surface area (Å²) < 4.78 is 35.7. The van der Waals surface area contributed by atoms with Crippen molar-refractivity contribution in [1.29, 1.82) is 0 Å². The first-order valence-corrected chi connectivity index (χ1v) is 4.46. The molecular weight excluding hydrogens is 197 g/mol. The molecule has 1 saturated heterocycles. The predicted molar refractivity (Wildman–Crippen MR) is 44.7 cm³/mol. The maximum atomic E-state index is 11.9. The van der Waals surface area contributed by atoms with Gasteiger partial charge in [0.05, 0.1) is 0 Å². The van der Waals surface area contributed by atoms with E-state index in [1.165, 1.54) is 4.90 Å². The van der Waals surface area contributed by atoms with E-state index in [1.807, 2.05) is 6.92 Å². The minimum Gasteiger partial charge on any atom is -0.340 e. The van der Waals surface area contributed by atoms with Gasteiger partial charge >= 0.3 is 6.18 Å². The average molecular weight is 210 g/mol. The number of hydrogen-bond acceptors (Lipinski definition) is 2. The third-order valence-electron chi connectivity index (χ3n) is 2.07. The lowest BCUT2D eigenvalue weighted by molar-refractivity contribution is -0.162. The zero-order valence-electron chi connectivity index (χ0n) is 7.90. The first-order chi connectivity index (χ1) is 6.38. The lowest BCUT2D eigenvalue weighted by Crippen LogP contribution is -2.51. The van der Waals surface area contributed by atoms with Crippen LogP contribution in [0.3, 0.4) is 0 Å². The van der Waals surface area contributed by atoms with Crippen LogP contribution in [0, 0.1) is 0 Å². The maximum Gasteiger partial charge on any atom is 0.397 e. The molecule has 1 fully saturated rings. The maximum absolute atomic E-state index is 11.9. The molecule has 14 heavy (non-hydrogen) atoms. The molecule has 0 radical (unpaired) electrons. The Morgan fingerprint density at radius 2 is 2.21 bits per heavy atom. The molecule has 1 N–H and O–H groups in total. The van der Waals surface area contributed by atoms with Gasteiger partial charge in [0.15, 0.2) is 0 Å². The number of halogens is 3. The monoisotopic (exact) mass is 210 g/mol. The summed E-state index contributed by atoms with van der Waals surface area (Å²) in [5, 5.41) is 3.05. The van der Waals surface area contributed by atoms with Gasteiger partial charge in [-0.15, -0.1) is 0 Å². The van der Waals surface area contributed by atoms with E-state index in [4.69, 9.17) is 0 Å². The highest BCUT2D eigenvalue weighted by Crippen LogP contribution is 2.20. The number of nitrogens with one attached hydrogen (secondary N) is 1. The summed E-state index contributed by atoms with van der Waals surface area (Å²) in [4.78, 5) is 12.4. The Kier molecular flexibility index (Phi) is 3.36. The predicted octanol–water partition coefficient (Wildman–Crippen LogP) is 0.759. The van der Waals surface area contributed by atoms with Gasteiger partial charge in [0.25, 0.3) is 0 Å². The van der Waals surface area contributed by atoms with Gasteiger partial charge in [0, 0.05) is 25.7 Å². The highest BCUT2D eigenvalue weighted by molar-refractivity contribution is 5.77. The number of carbonyl (C=O) groups is 1. The Balaban J connectivity index is 2.44. The number of hydrogen-bond donors (Lipinski definition) is 1. The van der Waals surface area contributed by atoms with Crippen LogP contribution in [0.15, 0.2) is 0 Å². The van der Waals surface area contributed by atoms with Gasteiger partial charge in [-0.1, -0.05) is 0 Å². The van der Waals surface area contributed by atoms with Crippen LogP contribution < -0.4 is 5.32 Å². The van der Waals surface area contributed by atoms with E-state index < -0.39 is 18.5 Å². The van der Waals surface area contributed by atoms with E-state index in [0.717, 1.165) is 0 Å². The van der Waals surface area contributed by atoms with E-state index in [0.29, 0.717) is 19.6 Å². The standard InChI is InChI=1S/C8H13F3N2O/c1-6-5-13(3-2-12-6)7(14)4-8(9,10)11/h6,12H,2-5H2,1H3/t6-/m1/s1. The van der Waals surface area contributed by atoms with E-state index in [9.17, 15) is 18.0 Å². The van der Waals surface area contributed by atoms with Gasteiger partial charge in [-0.25, -0.2) is 0 Å². The molecule has 0 aromatic heterocycles. The first-order valence-electron chi connectivity index (χ1n) is 4.46. The summed E-state index contributed by atoms with van der Waals surface area (Å²) in [6, 6.07) is 0.0703. The fourth-order valence-electron chi connectivity index (χ4n) is 1.44. The topological polar surface area (TPSA) is 32.3 Å². The zero-order chi connectivity index (χ0) is 10.8. The molecule has 0 aromatic carbocycles. The normalized spacial score (nSPS) is 23.7. The SMILES string of the molecule is C[C@@H]1CN(C(=O)CC(F)(F)F)CCN1. The van der Waals surface area contributed by atoms with E-state index >= 15 is 0 Å². The lowest BCUT2D eigenvalue weighted by atomic mass is 10.2.